The molecule has 1 aromatic carbocycles. The van der Waals surface area contributed by atoms with Crippen LogP contribution in [-0.2, 0) is 16.1 Å². The van der Waals surface area contributed by atoms with Gasteiger partial charge in [0.2, 0.25) is 0 Å². The maximum absolute atomic E-state index is 12.5. The van der Waals surface area contributed by atoms with Crippen molar-refractivity contribution < 1.29 is 14.3 Å². The average Bonchev–Trinajstić information content (AvgIpc) is 3.10. The van der Waals surface area contributed by atoms with E-state index in [-0.39, 0.29) is 18.5 Å². The fraction of sp³-hybridized carbons (Fsp3) is 0.278. The lowest BCUT2D eigenvalue weighted by molar-refractivity contribution is -0.149. The van der Waals surface area contributed by atoms with E-state index in [0.29, 0.717) is 18.7 Å². The number of benzene rings is 1. The number of carbonyl (C=O) groups excluding carboxylic acids is 2. The number of nitrogens with zero attached hydrogens (tertiary/aromatic N) is 2. The van der Waals surface area contributed by atoms with Crippen LogP contribution in [0.2, 0.25) is 0 Å². The summed E-state index contributed by atoms with van der Waals surface area (Å²) in [5.74, 6) is -0.569. The third-order valence-electron chi connectivity index (χ3n) is 3.89. The van der Waals surface area contributed by atoms with E-state index in [2.05, 4.69) is 4.98 Å². The topological polar surface area (TPSA) is 59.5 Å². The lowest BCUT2D eigenvalue weighted by Gasteiger charge is -2.22. The third-order valence-corrected chi connectivity index (χ3v) is 3.89. The van der Waals surface area contributed by atoms with Crippen molar-refractivity contribution in [2.45, 2.75) is 25.5 Å². The van der Waals surface area contributed by atoms with E-state index in [1.54, 1.807) is 29.3 Å². The lowest BCUT2D eigenvalue weighted by Crippen LogP contribution is -2.41. The smallest absolute Gasteiger partial charge is 0.329 e. The maximum atomic E-state index is 12.5. The van der Waals surface area contributed by atoms with Crippen LogP contribution in [0.5, 0.6) is 0 Å². The van der Waals surface area contributed by atoms with E-state index in [0.717, 1.165) is 12.0 Å². The number of hydrogen-bond donors (Lipinski definition) is 0. The largest absolute Gasteiger partial charge is 0.459 e. The molecule has 2 heterocycles. The zero-order valence-corrected chi connectivity index (χ0v) is 12.7. The molecular weight excluding hydrogens is 292 g/mol. The molecule has 23 heavy (non-hydrogen) atoms. The third kappa shape index (κ3) is 3.56. The van der Waals surface area contributed by atoms with E-state index in [1.807, 2.05) is 30.3 Å². The summed E-state index contributed by atoms with van der Waals surface area (Å²) in [6.45, 7) is 0.780. The van der Waals surface area contributed by atoms with Crippen molar-refractivity contribution in [3.05, 3.63) is 66.0 Å². The van der Waals surface area contributed by atoms with Crippen LogP contribution >= 0.6 is 0 Å². The van der Waals surface area contributed by atoms with Crippen LogP contribution in [0.25, 0.3) is 0 Å². The number of likely N-dealkylation sites (tertiary alicyclic amines) is 1. The van der Waals surface area contributed by atoms with E-state index < -0.39 is 6.04 Å². The summed E-state index contributed by atoms with van der Waals surface area (Å²) in [4.78, 5) is 30.5. The summed E-state index contributed by atoms with van der Waals surface area (Å²) in [5, 5.41) is 0. The molecule has 5 nitrogen and oxygen atoms in total. The second-order valence-corrected chi connectivity index (χ2v) is 5.46. The standard InChI is InChI=1S/C18H18N2O3/c21-17(15-9-4-5-11-19-15)20-12-6-10-16(20)18(22)23-13-14-7-2-1-3-8-14/h1-5,7-9,11,16H,6,10,12-13H2/t16-/m1/s1. The van der Waals surface area contributed by atoms with Crippen LogP contribution in [0.15, 0.2) is 54.7 Å². The Kier molecular flexibility index (Phi) is 4.66. The molecule has 0 N–H and O–H groups in total. The van der Waals surface area contributed by atoms with Crippen LogP contribution in [0.3, 0.4) is 0 Å². The van der Waals surface area contributed by atoms with Gasteiger partial charge in [-0.3, -0.25) is 9.78 Å². The molecule has 1 aliphatic rings. The number of ether oxygens (including phenoxy) is 1. The minimum absolute atomic E-state index is 0.218. The summed E-state index contributed by atoms with van der Waals surface area (Å²) in [6, 6.07) is 14.2. The predicted octanol–water partition coefficient (Wildman–Crippen LogP) is 2.43. The summed E-state index contributed by atoms with van der Waals surface area (Å²) < 4.78 is 5.38. The summed E-state index contributed by atoms with van der Waals surface area (Å²) in [6.07, 6.45) is 3.00. The number of amides is 1. The first kappa shape index (κ1) is 15.2. The average molecular weight is 310 g/mol. The predicted molar refractivity (Wildman–Crippen MR) is 84.5 cm³/mol. The summed E-state index contributed by atoms with van der Waals surface area (Å²) in [7, 11) is 0. The van der Waals surface area contributed by atoms with Crippen LogP contribution in [0.1, 0.15) is 28.9 Å². The van der Waals surface area contributed by atoms with Gasteiger partial charge in [-0.25, -0.2) is 4.79 Å². The van der Waals surface area contributed by atoms with E-state index >= 15 is 0 Å². The SMILES string of the molecule is O=C(OCc1ccccc1)[C@H]1CCCN1C(=O)c1ccccn1. The number of hydrogen-bond acceptors (Lipinski definition) is 4. The van der Waals surface area contributed by atoms with Crippen molar-refractivity contribution in [2.75, 3.05) is 6.54 Å². The van der Waals surface area contributed by atoms with Gasteiger partial charge in [-0.15, -0.1) is 0 Å². The Hall–Kier alpha value is -2.69. The van der Waals surface area contributed by atoms with Gasteiger partial charge in [-0.1, -0.05) is 36.4 Å². The van der Waals surface area contributed by atoms with Crippen LogP contribution in [0, 0.1) is 0 Å². The van der Waals surface area contributed by atoms with Crippen LogP contribution in [0.4, 0.5) is 0 Å². The van der Waals surface area contributed by atoms with Crippen molar-refractivity contribution >= 4 is 11.9 Å². The van der Waals surface area contributed by atoms with Gasteiger partial charge in [0.1, 0.15) is 18.3 Å². The highest BCUT2D eigenvalue weighted by Gasteiger charge is 2.36. The molecule has 1 aromatic heterocycles. The van der Waals surface area contributed by atoms with Crippen molar-refractivity contribution in [1.82, 2.24) is 9.88 Å². The Morgan fingerprint density at radius 2 is 1.91 bits per heavy atom. The highest BCUT2D eigenvalue weighted by atomic mass is 16.5. The molecule has 1 amide bonds. The minimum atomic E-state index is -0.520. The first-order chi connectivity index (χ1) is 11.3. The number of esters is 1. The van der Waals surface area contributed by atoms with Gasteiger partial charge in [0.25, 0.3) is 5.91 Å². The molecule has 118 valence electrons. The maximum Gasteiger partial charge on any atom is 0.329 e. The first-order valence-corrected chi connectivity index (χ1v) is 7.68. The molecule has 0 unspecified atom stereocenters. The van der Waals surface area contributed by atoms with Crippen molar-refractivity contribution in [1.29, 1.82) is 0 Å². The Labute approximate surface area is 134 Å². The molecule has 0 bridgehead atoms. The van der Waals surface area contributed by atoms with Gasteiger partial charge < -0.3 is 9.64 Å². The molecule has 1 saturated heterocycles. The lowest BCUT2D eigenvalue weighted by atomic mass is 10.2. The van der Waals surface area contributed by atoms with Gasteiger partial charge in [-0.2, -0.15) is 0 Å². The first-order valence-electron chi connectivity index (χ1n) is 7.68. The molecule has 3 rings (SSSR count). The van der Waals surface area contributed by atoms with Gasteiger partial charge in [-0.05, 0) is 30.5 Å². The molecule has 0 saturated carbocycles. The highest BCUT2D eigenvalue weighted by molar-refractivity contribution is 5.95. The quantitative estimate of drug-likeness (QED) is 0.814. The van der Waals surface area contributed by atoms with E-state index in [4.69, 9.17) is 4.74 Å². The van der Waals surface area contributed by atoms with Crippen molar-refractivity contribution in [3.8, 4) is 0 Å². The Bertz CT molecular complexity index is 673. The molecule has 1 atom stereocenters. The number of aromatic nitrogens is 1. The molecule has 0 spiro atoms. The van der Waals surface area contributed by atoms with Gasteiger partial charge in [0.05, 0.1) is 0 Å². The summed E-state index contributed by atoms with van der Waals surface area (Å²) >= 11 is 0. The Morgan fingerprint density at radius 3 is 2.65 bits per heavy atom. The fourth-order valence-electron chi connectivity index (χ4n) is 2.72. The number of pyridine rings is 1. The highest BCUT2D eigenvalue weighted by Crippen LogP contribution is 2.21. The van der Waals surface area contributed by atoms with Crippen molar-refractivity contribution in [3.63, 3.8) is 0 Å². The van der Waals surface area contributed by atoms with Crippen LogP contribution < -0.4 is 0 Å². The minimum Gasteiger partial charge on any atom is -0.459 e. The number of rotatable bonds is 4. The Morgan fingerprint density at radius 1 is 1.13 bits per heavy atom. The Balaban J connectivity index is 1.64. The summed E-state index contributed by atoms with van der Waals surface area (Å²) in [5.41, 5.74) is 1.29. The van der Waals surface area contributed by atoms with E-state index in [1.165, 1.54) is 0 Å². The van der Waals surface area contributed by atoms with E-state index in [9.17, 15) is 9.59 Å². The van der Waals surface area contributed by atoms with Gasteiger partial charge in [0.15, 0.2) is 0 Å². The normalized spacial score (nSPS) is 17.0. The van der Waals surface area contributed by atoms with Gasteiger partial charge in [0, 0.05) is 12.7 Å². The zero-order valence-electron chi connectivity index (χ0n) is 12.7. The number of carbonyl (C=O) groups is 2. The molecule has 5 heteroatoms. The monoisotopic (exact) mass is 310 g/mol. The molecule has 1 fully saturated rings. The molecular formula is C18H18N2O3. The van der Waals surface area contributed by atoms with Crippen molar-refractivity contribution in [2.24, 2.45) is 0 Å². The molecule has 0 radical (unpaired) electrons. The van der Waals surface area contributed by atoms with Gasteiger partial charge >= 0.3 is 5.97 Å². The second-order valence-electron chi connectivity index (χ2n) is 5.46. The fourth-order valence-corrected chi connectivity index (χ4v) is 2.72. The molecule has 0 aliphatic carbocycles. The second kappa shape index (κ2) is 7.05. The van der Waals surface area contributed by atoms with Crippen LogP contribution in [-0.4, -0.2) is 34.3 Å². The molecule has 2 aromatic rings. The molecule has 1 aliphatic heterocycles. The zero-order chi connectivity index (χ0) is 16.1.